The number of nitrogens with zero attached hydrogens (tertiary/aromatic N) is 1. The van der Waals surface area contributed by atoms with Crippen molar-refractivity contribution < 1.29 is 0 Å². The zero-order valence-corrected chi connectivity index (χ0v) is 11.2. The molecule has 0 aliphatic carbocycles. The van der Waals surface area contributed by atoms with E-state index in [0.717, 1.165) is 11.0 Å². The van der Waals surface area contributed by atoms with Crippen LogP contribution in [-0.2, 0) is 0 Å². The smallest absolute Gasteiger partial charge is 0.0493 e. The van der Waals surface area contributed by atoms with Gasteiger partial charge in [0.15, 0.2) is 0 Å². The maximum Gasteiger partial charge on any atom is 0.0493 e. The minimum atomic E-state index is 0.129. The largest absolute Gasteiger partial charge is 0.326 e. The molecule has 0 aliphatic rings. The van der Waals surface area contributed by atoms with Gasteiger partial charge in [0.1, 0.15) is 0 Å². The second-order valence-corrected chi connectivity index (χ2v) is 4.85. The number of nitrogens with two attached hydrogens (primary N) is 1. The molecule has 1 rings (SSSR count). The summed E-state index contributed by atoms with van der Waals surface area (Å²) in [6.45, 7) is 5.20. The molecule has 0 aromatic heterocycles. The van der Waals surface area contributed by atoms with E-state index in [4.69, 9.17) is 5.73 Å². The Labute approximate surface area is 101 Å². The lowest BCUT2D eigenvalue weighted by molar-refractivity contribution is 0.230. The van der Waals surface area contributed by atoms with Crippen molar-refractivity contribution in [2.24, 2.45) is 5.73 Å². The molecule has 2 atom stereocenters. The van der Waals surface area contributed by atoms with Crippen molar-refractivity contribution in [2.45, 2.75) is 25.9 Å². The van der Waals surface area contributed by atoms with Crippen molar-refractivity contribution in [3.05, 3.63) is 34.3 Å². The molecule has 0 amide bonds. The van der Waals surface area contributed by atoms with Crippen molar-refractivity contribution >= 4 is 15.9 Å². The number of benzene rings is 1. The van der Waals surface area contributed by atoms with Gasteiger partial charge in [0.25, 0.3) is 0 Å². The number of hydrogen-bond donors (Lipinski definition) is 1. The minimum absolute atomic E-state index is 0.129. The number of likely N-dealkylation sites (N-methyl/N-ethyl adjacent to an activating group) is 1. The number of halogens is 1. The Morgan fingerprint density at radius 3 is 2.60 bits per heavy atom. The highest BCUT2D eigenvalue weighted by Crippen LogP contribution is 2.24. The summed E-state index contributed by atoms with van der Waals surface area (Å²) in [6.07, 6.45) is 0. The molecule has 0 saturated heterocycles. The first-order valence-electron chi connectivity index (χ1n) is 5.27. The van der Waals surface area contributed by atoms with E-state index in [1.807, 2.05) is 6.07 Å². The van der Waals surface area contributed by atoms with Gasteiger partial charge in [-0.3, -0.25) is 4.90 Å². The van der Waals surface area contributed by atoms with Crippen LogP contribution in [0.1, 0.15) is 25.5 Å². The number of hydrogen-bond acceptors (Lipinski definition) is 2. The van der Waals surface area contributed by atoms with E-state index < -0.39 is 0 Å². The van der Waals surface area contributed by atoms with Crippen LogP contribution in [0.5, 0.6) is 0 Å². The first-order valence-corrected chi connectivity index (χ1v) is 6.06. The van der Waals surface area contributed by atoms with Crippen LogP contribution >= 0.6 is 15.9 Å². The van der Waals surface area contributed by atoms with E-state index in [-0.39, 0.29) is 12.1 Å². The summed E-state index contributed by atoms with van der Waals surface area (Å²) < 4.78 is 1.11. The fraction of sp³-hybridized carbons (Fsp3) is 0.500. The molecule has 1 aromatic rings. The van der Waals surface area contributed by atoms with Gasteiger partial charge in [0, 0.05) is 16.6 Å². The van der Waals surface area contributed by atoms with Crippen LogP contribution < -0.4 is 5.73 Å². The van der Waals surface area contributed by atoms with Gasteiger partial charge in [-0.25, -0.2) is 0 Å². The third-order valence-corrected chi connectivity index (χ3v) is 3.16. The van der Waals surface area contributed by atoms with Crippen LogP contribution in [0.4, 0.5) is 0 Å². The standard InChI is InChI=1S/C12H19BrN2/c1-4-15(3)12(9(2)14)10-6-5-7-11(13)8-10/h5-9,12H,4,14H2,1-3H3. The molecule has 15 heavy (non-hydrogen) atoms. The summed E-state index contributed by atoms with van der Waals surface area (Å²) >= 11 is 3.49. The van der Waals surface area contributed by atoms with Crippen LogP contribution in [0, 0.1) is 0 Å². The Morgan fingerprint density at radius 1 is 1.47 bits per heavy atom. The van der Waals surface area contributed by atoms with Gasteiger partial charge in [-0.2, -0.15) is 0 Å². The van der Waals surface area contributed by atoms with Gasteiger partial charge in [-0.1, -0.05) is 35.0 Å². The Morgan fingerprint density at radius 2 is 2.13 bits per heavy atom. The molecule has 0 bridgehead atoms. The molecule has 0 fully saturated rings. The molecule has 0 saturated carbocycles. The van der Waals surface area contributed by atoms with Gasteiger partial charge in [-0.05, 0) is 38.2 Å². The van der Waals surface area contributed by atoms with Crippen LogP contribution in [0.3, 0.4) is 0 Å². The van der Waals surface area contributed by atoms with Crippen molar-refractivity contribution in [3.63, 3.8) is 0 Å². The first-order chi connectivity index (χ1) is 7.06. The summed E-state index contributed by atoms with van der Waals surface area (Å²) in [5, 5.41) is 0. The van der Waals surface area contributed by atoms with E-state index >= 15 is 0 Å². The molecule has 0 spiro atoms. The van der Waals surface area contributed by atoms with E-state index in [1.54, 1.807) is 0 Å². The van der Waals surface area contributed by atoms with Gasteiger partial charge in [-0.15, -0.1) is 0 Å². The maximum absolute atomic E-state index is 6.04. The van der Waals surface area contributed by atoms with Gasteiger partial charge < -0.3 is 5.73 Å². The topological polar surface area (TPSA) is 29.3 Å². The van der Waals surface area contributed by atoms with E-state index in [2.05, 4.69) is 59.9 Å². The lowest BCUT2D eigenvalue weighted by Gasteiger charge is -2.30. The highest BCUT2D eigenvalue weighted by molar-refractivity contribution is 9.10. The summed E-state index contributed by atoms with van der Waals surface area (Å²) in [5.41, 5.74) is 7.31. The zero-order valence-electron chi connectivity index (χ0n) is 9.57. The van der Waals surface area contributed by atoms with Gasteiger partial charge in [0.05, 0.1) is 0 Å². The third kappa shape index (κ3) is 3.30. The average Bonchev–Trinajstić information content (AvgIpc) is 2.17. The second-order valence-electron chi connectivity index (χ2n) is 3.93. The maximum atomic E-state index is 6.04. The Balaban J connectivity index is 2.99. The normalized spacial score (nSPS) is 15.3. The van der Waals surface area contributed by atoms with Crippen LogP contribution in [0.2, 0.25) is 0 Å². The van der Waals surface area contributed by atoms with Gasteiger partial charge >= 0.3 is 0 Å². The second kappa shape index (κ2) is 5.64. The predicted octanol–water partition coefficient (Wildman–Crippen LogP) is 2.79. The zero-order chi connectivity index (χ0) is 11.4. The van der Waals surface area contributed by atoms with Crippen LogP contribution in [0.25, 0.3) is 0 Å². The van der Waals surface area contributed by atoms with E-state index in [1.165, 1.54) is 5.56 Å². The molecule has 2 nitrogen and oxygen atoms in total. The van der Waals surface area contributed by atoms with E-state index in [0.29, 0.717) is 0 Å². The first kappa shape index (κ1) is 12.7. The van der Waals surface area contributed by atoms with Crippen LogP contribution in [0.15, 0.2) is 28.7 Å². The third-order valence-electron chi connectivity index (χ3n) is 2.66. The lowest BCUT2D eigenvalue weighted by atomic mass is 10.00. The summed E-state index contributed by atoms with van der Waals surface area (Å²) in [7, 11) is 2.11. The number of rotatable bonds is 4. The predicted molar refractivity (Wildman–Crippen MR) is 68.8 cm³/mol. The van der Waals surface area contributed by atoms with Crippen molar-refractivity contribution in [3.8, 4) is 0 Å². The summed E-state index contributed by atoms with van der Waals surface area (Å²) in [6, 6.07) is 8.77. The molecule has 3 heteroatoms. The molecule has 0 radical (unpaired) electrons. The van der Waals surface area contributed by atoms with Gasteiger partial charge in [0.2, 0.25) is 0 Å². The molecule has 2 N–H and O–H groups in total. The molecule has 1 aromatic carbocycles. The monoisotopic (exact) mass is 270 g/mol. The molecule has 0 aliphatic heterocycles. The van der Waals surface area contributed by atoms with Crippen molar-refractivity contribution in [1.82, 2.24) is 4.90 Å². The Bertz CT molecular complexity index is 312. The molecule has 0 heterocycles. The van der Waals surface area contributed by atoms with Crippen molar-refractivity contribution in [1.29, 1.82) is 0 Å². The van der Waals surface area contributed by atoms with Crippen LogP contribution in [-0.4, -0.2) is 24.5 Å². The quantitative estimate of drug-likeness (QED) is 0.912. The minimum Gasteiger partial charge on any atom is -0.326 e. The molecular weight excluding hydrogens is 252 g/mol. The fourth-order valence-electron chi connectivity index (χ4n) is 1.85. The van der Waals surface area contributed by atoms with E-state index in [9.17, 15) is 0 Å². The highest BCUT2D eigenvalue weighted by Gasteiger charge is 2.19. The molecule has 2 unspecified atom stereocenters. The fourth-order valence-corrected chi connectivity index (χ4v) is 2.26. The average molecular weight is 271 g/mol. The highest BCUT2D eigenvalue weighted by atomic mass is 79.9. The Kier molecular flexibility index (Phi) is 4.77. The summed E-state index contributed by atoms with van der Waals surface area (Å²) in [4.78, 5) is 2.27. The SMILES string of the molecule is CCN(C)C(c1cccc(Br)c1)C(C)N. The molecular formula is C12H19BrN2. The molecule has 84 valence electrons. The summed E-state index contributed by atoms with van der Waals surface area (Å²) in [5.74, 6) is 0. The van der Waals surface area contributed by atoms with Crippen molar-refractivity contribution in [2.75, 3.05) is 13.6 Å². The Hall–Kier alpha value is -0.380. The lowest BCUT2D eigenvalue weighted by Crippen LogP contribution is -2.37.